The van der Waals surface area contributed by atoms with Crippen LogP contribution in [0.1, 0.15) is 5.56 Å². The van der Waals surface area contributed by atoms with E-state index in [1.807, 2.05) is 24.3 Å². The van der Waals surface area contributed by atoms with Gasteiger partial charge in [0.1, 0.15) is 0 Å². The molecule has 0 radical (unpaired) electrons. The van der Waals surface area contributed by atoms with Crippen molar-refractivity contribution in [1.29, 1.82) is 0 Å². The lowest BCUT2D eigenvalue weighted by atomic mass is 10.0. The third-order valence-electron chi connectivity index (χ3n) is 2.15. The molecule has 2 rings (SSSR count). The number of amides is 1. The van der Waals surface area contributed by atoms with Gasteiger partial charge in [-0.15, -0.1) is 0 Å². The molecule has 0 aliphatic carbocycles. The molecule has 3 N–H and O–H groups in total. The third kappa shape index (κ3) is 1.47. The van der Waals surface area contributed by atoms with E-state index in [2.05, 4.69) is 5.32 Å². The summed E-state index contributed by atoms with van der Waals surface area (Å²) in [6.07, 6.45) is 1.76. The van der Waals surface area contributed by atoms with Crippen LogP contribution in [0.15, 0.2) is 29.8 Å². The summed E-state index contributed by atoms with van der Waals surface area (Å²) in [4.78, 5) is 11.1. The van der Waals surface area contributed by atoms with Crippen molar-refractivity contribution in [2.45, 2.75) is 0 Å². The summed E-state index contributed by atoms with van der Waals surface area (Å²) < 4.78 is 0. The van der Waals surface area contributed by atoms with Gasteiger partial charge in [0.15, 0.2) is 0 Å². The van der Waals surface area contributed by atoms with E-state index >= 15 is 0 Å². The van der Waals surface area contributed by atoms with Crippen LogP contribution in [-0.4, -0.2) is 17.7 Å². The van der Waals surface area contributed by atoms with Gasteiger partial charge in [-0.25, -0.2) is 5.48 Å². The lowest BCUT2D eigenvalue weighted by molar-refractivity contribution is -0.125. The summed E-state index contributed by atoms with van der Waals surface area (Å²) >= 11 is 0. The van der Waals surface area contributed by atoms with E-state index in [4.69, 9.17) is 5.21 Å². The molecule has 0 saturated heterocycles. The molecule has 1 aliphatic heterocycles. The number of anilines is 1. The summed E-state index contributed by atoms with van der Waals surface area (Å²) in [5.74, 6) is -0.466. The molecular formula is C10H10N2O2. The lowest BCUT2D eigenvalue weighted by Gasteiger charge is -2.16. The first kappa shape index (κ1) is 8.77. The van der Waals surface area contributed by atoms with E-state index in [-0.39, 0.29) is 0 Å². The van der Waals surface area contributed by atoms with Gasteiger partial charge in [0.25, 0.3) is 5.91 Å². The van der Waals surface area contributed by atoms with Crippen LogP contribution < -0.4 is 10.8 Å². The van der Waals surface area contributed by atoms with Crippen LogP contribution in [0.5, 0.6) is 0 Å². The van der Waals surface area contributed by atoms with Gasteiger partial charge in [0, 0.05) is 17.8 Å². The zero-order valence-electron chi connectivity index (χ0n) is 7.45. The predicted octanol–water partition coefficient (Wildman–Crippen LogP) is 1.00. The molecule has 0 unspecified atom stereocenters. The molecule has 4 nitrogen and oxygen atoms in total. The number of nitrogens with one attached hydrogen (secondary N) is 2. The molecule has 0 atom stereocenters. The Morgan fingerprint density at radius 2 is 2.21 bits per heavy atom. The molecule has 0 saturated carbocycles. The van der Waals surface area contributed by atoms with Crippen molar-refractivity contribution in [2.75, 3.05) is 11.9 Å². The average molecular weight is 190 g/mol. The Morgan fingerprint density at radius 1 is 1.43 bits per heavy atom. The van der Waals surface area contributed by atoms with E-state index in [0.29, 0.717) is 12.1 Å². The highest BCUT2D eigenvalue weighted by atomic mass is 16.5. The summed E-state index contributed by atoms with van der Waals surface area (Å²) in [5.41, 5.74) is 4.10. The molecule has 0 spiro atoms. The second-order valence-corrected chi connectivity index (χ2v) is 3.05. The molecule has 0 bridgehead atoms. The maximum Gasteiger partial charge on any atom is 0.272 e. The van der Waals surface area contributed by atoms with Crippen LogP contribution in [0.2, 0.25) is 0 Å². The smallest absolute Gasteiger partial charge is 0.272 e. The van der Waals surface area contributed by atoms with Crippen LogP contribution in [-0.2, 0) is 4.79 Å². The fourth-order valence-corrected chi connectivity index (χ4v) is 1.43. The number of rotatable bonds is 1. The van der Waals surface area contributed by atoms with Crippen molar-refractivity contribution in [1.82, 2.24) is 5.48 Å². The highest BCUT2D eigenvalue weighted by molar-refractivity contribution is 6.00. The minimum Gasteiger partial charge on any atom is -0.380 e. The number of para-hydroxylation sites is 1. The highest BCUT2D eigenvalue weighted by Crippen LogP contribution is 2.22. The molecule has 1 aromatic carbocycles. The fourth-order valence-electron chi connectivity index (χ4n) is 1.43. The fraction of sp³-hybridized carbons (Fsp3) is 0.100. The Bertz CT molecular complexity index is 399. The maximum absolute atomic E-state index is 11.1. The summed E-state index contributed by atoms with van der Waals surface area (Å²) in [6, 6.07) is 7.68. The van der Waals surface area contributed by atoms with Gasteiger partial charge in [-0.3, -0.25) is 10.0 Å². The molecule has 0 aromatic heterocycles. The van der Waals surface area contributed by atoms with Gasteiger partial charge in [0.05, 0.1) is 0 Å². The lowest BCUT2D eigenvalue weighted by Crippen LogP contribution is -2.26. The standard InChI is InChI=1S/C10H10N2O2/c13-10(12-14)8-5-7-3-1-2-4-9(7)11-6-8/h1-5,11,14H,6H2,(H,12,13). The van der Waals surface area contributed by atoms with Crippen molar-refractivity contribution in [3.8, 4) is 0 Å². The largest absolute Gasteiger partial charge is 0.380 e. The number of fused-ring (bicyclic) bond motifs is 1. The Labute approximate surface area is 81.2 Å². The second-order valence-electron chi connectivity index (χ2n) is 3.05. The minimum absolute atomic E-state index is 0.434. The minimum atomic E-state index is -0.466. The zero-order chi connectivity index (χ0) is 9.97. The summed E-state index contributed by atoms with van der Waals surface area (Å²) in [5, 5.41) is 11.6. The Kier molecular flexibility index (Phi) is 2.20. The van der Waals surface area contributed by atoms with Gasteiger partial charge < -0.3 is 5.32 Å². The number of hydroxylamine groups is 1. The molecule has 14 heavy (non-hydrogen) atoms. The highest BCUT2D eigenvalue weighted by Gasteiger charge is 2.13. The quantitative estimate of drug-likeness (QED) is 0.457. The van der Waals surface area contributed by atoms with E-state index in [1.54, 1.807) is 11.6 Å². The first-order valence-corrected chi connectivity index (χ1v) is 4.29. The molecule has 1 amide bonds. The average Bonchev–Trinajstić information content (AvgIpc) is 2.27. The van der Waals surface area contributed by atoms with Crippen molar-refractivity contribution in [3.05, 3.63) is 35.4 Å². The van der Waals surface area contributed by atoms with Crippen molar-refractivity contribution >= 4 is 17.7 Å². The first-order valence-electron chi connectivity index (χ1n) is 4.29. The summed E-state index contributed by atoms with van der Waals surface area (Å²) in [7, 11) is 0. The monoisotopic (exact) mass is 190 g/mol. The second kappa shape index (κ2) is 3.51. The number of hydrogen-bond acceptors (Lipinski definition) is 3. The van der Waals surface area contributed by atoms with Gasteiger partial charge in [0.2, 0.25) is 0 Å². The first-order chi connectivity index (χ1) is 6.81. The van der Waals surface area contributed by atoms with Crippen molar-refractivity contribution in [3.63, 3.8) is 0 Å². The SMILES string of the molecule is O=C(NO)C1=Cc2ccccc2NC1. The van der Waals surface area contributed by atoms with Crippen molar-refractivity contribution in [2.24, 2.45) is 0 Å². The van der Waals surface area contributed by atoms with Crippen LogP contribution in [0.25, 0.3) is 6.08 Å². The molecule has 1 heterocycles. The summed E-state index contributed by atoms with van der Waals surface area (Å²) in [6.45, 7) is 0.434. The van der Waals surface area contributed by atoms with Crippen molar-refractivity contribution < 1.29 is 10.0 Å². The zero-order valence-corrected chi connectivity index (χ0v) is 7.45. The van der Waals surface area contributed by atoms with Gasteiger partial charge in [-0.1, -0.05) is 18.2 Å². The Balaban J connectivity index is 2.36. The van der Waals surface area contributed by atoms with E-state index < -0.39 is 5.91 Å². The number of benzene rings is 1. The molecule has 0 fully saturated rings. The molecule has 4 heteroatoms. The van der Waals surface area contributed by atoms with Gasteiger partial charge >= 0.3 is 0 Å². The molecular weight excluding hydrogens is 180 g/mol. The number of carbonyl (C=O) groups is 1. The van der Waals surface area contributed by atoms with Crippen LogP contribution >= 0.6 is 0 Å². The topological polar surface area (TPSA) is 61.4 Å². The third-order valence-corrected chi connectivity index (χ3v) is 2.15. The Hall–Kier alpha value is -1.81. The number of carbonyl (C=O) groups excluding carboxylic acids is 1. The molecule has 1 aromatic rings. The molecule has 72 valence electrons. The molecule has 1 aliphatic rings. The normalized spacial score (nSPS) is 13.6. The number of hydrogen-bond donors (Lipinski definition) is 3. The van der Waals surface area contributed by atoms with E-state index in [0.717, 1.165) is 11.3 Å². The van der Waals surface area contributed by atoms with Crippen LogP contribution in [0.4, 0.5) is 5.69 Å². The van der Waals surface area contributed by atoms with E-state index in [9.17, 15) is 4.79 Å². The predicted molar refractivity (Wildman–Crippen MR) is 52.8 cm³/mol. The van der Waals surface area contributed by atoms with Gasteiger partial charge in [-0.05, 0) is 17.7 Å². The van der Waals surface area contributed by atoms with E-state index in [1.165, 1.54) is 0 Å². The Morgan fingerprint density at radius 3 is 3.00 bits per heavy atom. The van der Waals surface area contributed by atoms with Crippen LogP contribution in [0, 0.1) is 0 Å². The van der Waals surface area contributed by atoms with Gasteiger partial charge in [-0.2, -0.15) is 0 Å². The van der Waals surface area contributed by atoms with Crippen LogP contribution in [0.3, 0.4) is 0 Å². The maximum atomic E-state index is 11.1.